The van der Waals surface area contributed by atoms with E-state index in [1.807, 2.05) is 0 Å². The van der Waals surface area contributed by atoms with Crippen molar-refractivity contribution in [1.29, 1.82) is 0 Å². The third-order valence-corrected chi connectivity index (χ3v) is 15.0. The largest absolute Gasteiger partial charge is 0.311 e. The van der Waals surface area contributed by atoms with E-state index < -0.39 is 0 Å². The molecule has 0 bridgehead atoms. The standard InChI is InChI=1S/C65H66BN3/c1-62(2,3)46-24-21-29-51(36-46)68-58-38-48(64(7,8)9)30-32-54(58)66-55-34-44-41-65(10,11)42-45(44)35-57(55)69(56-33-31-47(63(4,5)6)37-53(56)43-22-15-12-16-23-43)60-40-52(39-59(68)61(60)66)67(49-25-17-13-18-26-49)50-27-19-14-20-28-50/h12-40H,41-42H2,1-11H3. The Morgan fingerprint density at radius 2 is 0.942 bits per heavy atom. The predicted octanol–water partition coefficient (Wildman–Crippen LogP) is 15.9. The molecular weight excluding hydrogens is 834 g/mol. The maximum absolute atomic E-state index is 2.67. The number of anilines is 9. The number of rotatable bonds is 6. The minimum atomic E-state index is -0.0562. The Morgan fingerprint density at radius 3 is 1.55 bits per heavy atom. The predicted molar refractivity (Wildman–Crippen MR) is 298 cm³/mol. The third kappa shape index (κ3) is 7.87. The Hall–Kier alpha value is -6.78. The lowest BCUT2D eigenvalue weighted by Gasteiger charge is -2.46. The summed E-state index contributed by atoms with van der Waals surface area (Å²) in [4.78, 5) is 7.74. The molecule has 0 fully saturated rings. The summed E-state index contributed by atoms with van der Waals surface area (Å²) in [5.74, 6) is 0. The van der Waals surface area contributed by atoms with E-state index in [1.54, 1.807) is 0 Å². The molecule has 0 N–H and O–H groups in total. The van der Waals surface area contributed by atoms with Crippen LogP contribution < -0.4 is 31.1 Å². The van der Waals surface area contributed by atoms with Gasteiger partial charge in [-0.05, 0) is 157 Å². The normalized spacial score (nSPS) is 14.8. The van der Waals surface area contributed by atoms with E-state index in [0.29, 0.717) is 0 Å². The highest BCUT2D eigenvalue weighted by atomic mass is 15.2. The van der Waals surface area contributed by atoms with Crippen LogP contribution in [0.1, 0.15) is 104 Å². The van der Waals surface area contributed by atoms with Gasteiger partial charge in [0.15, 0.2) is 0 Å². The first-order valence-corrected chi connectivity index (χ1v) is 25.1. The molecule has 2 heterocycles. The average Bonchev–Trinajstić information content (AvgIpc) is 3.63. The molecule has 0 atom stereocenters. The first-order valence-electron chi connectivity index (χ1n) is 25.1. The second-order valence-electron chi connectivity index (χ2n) is 23.9. The molecule has 1 aliphatic carbocycles. The van der Waals surface area contributed by atoms with E-state index >= 15 is 0 Å². The number of benzene rings is 8. The van der Waals surface area contributed by atoms with E-state index in [-0.39, 0.29) is 28.4 Å². The SMILES string of the molecule is CC1(C)Cc2cc3c(cc2C1)N(c1ccc(C(C)(C)C)cc1-c1ccccc1)c1cc(N(c2ccccc2)c2ccccc2)cc2c1B3c1ccc(C(C)(C)C)cc1N2c1cccc(C(C)(C)C)c1. The van der Waals surface area contributed by atoms with Crippen molar-refractivity contribution in [2.45, 2.75) is 105 Å². The minimum absolute atomic E-state index is 0.00805. The zero-order valence-corrected chi connectivity index (χ0v) is 42.6. The van der Waals surface area contributed by atoms with Crippen molar-refractivity contribution < 1.29 is 0 Å². The molecule has 0 unspecified atom stereocenters. The van der Waals surface area contributed by atoms with E-state index in [4.69, 9.17) is 0 Å². The van der Waals surface area contributed by atoms with Crippen molar-refractivity contribution in [3.8, 4) is 11.1 Å². The van der Waals surface area contributed by atoms with Crippen LogP contribution in [0.25, 0.3) is 11.1 Å². The van der Waals surface area contributed by atoms with Gasteiger partial charge in [0.05, 0.1) is 11.4 Å². The summed E-state index contributed by atoms with van der Waals surface area (Å²) in [7, 11) is 0. The van der Waals surface area contributed by atoms with Crippen LogP contribution in [0.4, 0.5) is 51.2 Å². The van der Waals surface area contributed by atoms with Crippen LogP contribution in [0.2, 0.25) is 0 Å². The molecule has 0 aromatic heterocycles. The maximum Gasteiger partial charge on any atom is 0.252 e. The van der Waals surface area contributed by atoms with Crippen LogP contribution in [-0.4, -0.2) is 6.71 Å². The molecule has 2 aliphatic heterocycles. The summed E-state index contributed by atoms with van der Waals surface area (Å²) in [5.41, 5.74) is 24.1. The highest BCUT2D eigenvalue weighted by Crippen LogP contribution is 2.52. The van der Waals surface area contributed by atoms with Gasteiger partial charge in [0.2, 0.25) is 0 Å². The van der Waals surface area contributed by atoms with Crippen LogP contribution in [0.15, 0.2) is 176 Å². The molecule has 11 rings (SSSR count). The molecule has 3 aliphatic rings. The van der Waals surface area contributed by atoms with Crippen LogP contribution in [0, 0.1) is 5.41 Å². The zero-order chi connectivity index (χ0) is 48.2. The Balaban J connectivity index is 1.31. The molecule has 0 spiro atoms. The molecule has 0 radical (unpaired) electrons. The lowest BCUT2D eigenvalue weighted by molar-refractivity contribution is 0.392. The summed E-state index contributed by atoms with van der Waals surface area (Å²) in [6.07, 6.45) is 2.13. The van der Waals surface area contributed by atoms with Crippen molar-refractivity contribution in [3.05, 3.63) is 204 Å². The summed E-state index contributed by atoms with van der Waals surface area (Å²) in [5, 5.41) is 0. The molecule has 0 saturated heterocycles. The van der Waals surface area contributed by atoms with Crippen molar-refractivity contribution in [2.75, 3.05) is 14.7 Å². The fraction of sp³-hybridized carbons (Fsp3) is 0.262. The molecule has 4 heteroatoms. The highest BCUT2D eigenvalue weighted by molar-refractivity contribution is 7.00. The Labute approximate surface area is 412 Å². The van der Waals surface area contributed by atoms with Crippen LogP contribution in [-0.2, 0) is 29.1 Å². The summed E-state index contributed by atoms with van der Waals surface area (Å²) >= 11 is 0. The van der Waals surface area contributed by atoms with Crippen molar-refractivity contribution in [2.24, 2.45) is 5.41 Å². The van der Waals surface area contributed by atoms with Gasteiger partial charge in [-0.1, -0.05) is 179 Å². The minimum Gasteiger partial charge on any atom is -0.311 e. The Morgan fingerprint density at radius 1 is 0.420 bits per heavy atom. The molecular formula is C65H66BN3. The molecule has 3 nitrogen and oxygen atoms in total. The maximum atomic E-state index is 2.67. The summed E-state index contributed by atoms with van der Waals surface area (Å²) < 4.78 is 0. The molecule has 69 heavy (non-hydrogen) atoms. The van der Waals surface area contributed by atoms with E-state index in [9.17, 15) is 0 Å². The van der Waals surface area contributed by atoms with Gasteiger partial charge in [0.25, 0.3) is 6.71 Å². The molecule has 0 saturated carbocycles. The first-order chi connectivity index (χ1) is 32.8. The smallest absolute Gasteiger partial charge is 0.252 e. The number of hydrogen-bond donors (Lipinski definition) is 0. The second-order valence-corrected chi connectivity index (χ2v) is 23.9. The van der Waals surface area contributed by atoms with E-state index in [1.165, 1.54) is 89.5 Å². The van der Waals surface area contributed by atoms with Gasteiger partial charge in [0.1, 0.15) is 0 Å². The molecule has 8 aromatic rings. The Kier molecular flexibility index (Phi) is 10.5. The fourth-order valence-corrected chi connectivity index (χ4v) is 11.4. The van der Waals surface area contributed by atoms with Crippen LogP contribution in [0.5, 0.6) is 0 Å². The van der Waals surface area contributed by atoms with Gasteiger partial charge in [0, 0.05) is 45.4 Å². The van der Waals surface area contributed by atoms with Gasteiger partial charge in [-0.25, -0.2) is 0 Å². The molecule has 344 valence electrons. The number of para-hydroxylation sites is 2. The van der Waals surface area contributed by atoms with E-state index in [0.717, 1.165) is 29.9 Å². The first kappa shape index (κ1) is 44.7. The van der Waals surface area contributed by atoms with Gasteiger partial charge in [-0.15, -0.1) is 0 Å². The lowest BCUT2D eigenvalue weighted by Crippen LogP contribution is -2.61. The number of nitrogens with zero attached hydrogens (tertiary/aromatic N) is 3. The third-order valence-electron chi connectivity index (χ3n) is 15.0. The van der Waals surface area contributed by atoms with Crippen molar-refractivity contribution in [3.63, 3.8) is 0 Å². The second kappa shape index (κ2) is 16.2. The van der Waals surface area contributed by atoms with Crippen molar-refractivity contribution in [1.82, 2.24) is 0 Å². The van der Waals surface area contributed by atoms with Gasteiger partial charge in [-0.2, -0.15) is 0 Å². The summed E-state index contributed by atoms with van der Waals surface area (Å²) in [6.45, 7) is 25.9. The molecule has 0 amide bonds. The van der Waals surface area contributed by atoms with Crippen LogP contribution in [0.3, 0.4) is 0 Å². The molecule has 8 aromatic carbocycles. The topological polar surface area (TPSA) is 9.72 Å². The van der Waals surface area contributed by atoms with Crippen molar-refractivity contribution >= 4 is 74.3 Å². The van der Waals surface area contributed by atoms with Gasteiger partial charge in [-0.3, -0.25) is 0 Å². The van der Waals surface area contributed by atoms with Gasteiger partial charge >= 0.3 is 0 Å². The number of hydrogen-bond acceptors (Lipinski definition) is 3. The van der Waals surface area contributed by atoms with Gasteiger partial charge < -0.3 is 14.7 Å². The average molecular weight is 900 g/mol. The van der Waals surface area contributed by atoms with Crippen LogP contribution >= 0.6 is 0 Å². The fourth-order valence-electron chi connectivity index (χ4n) is 11.4. The number of fused-ring (bicyclic) bond motifs is 5. The van der Waals surface area contributed by atoms with E-state index in [2.05, 4.69) is 267 Å². The summed E-state index contributed by atoms with van der Waals surface area (Å²) in [6, 6.07) is 67.2. The Bertz CT molecular complexity index is 3220. The monoisotopic (exact) mass is 900 g/mol. The highest BCUT2D eigenvalue weighted by Gasteiger charge is 2.46. The zero-order valence-electron chi connectivity index (χ0n) is 42.6. The quantitative estimate of drug-likeness (QED) is 0.154. The lowest BCUT2D eigenvalue weighted by atomic mass is 9.33.